The van der Waals surface area contributed by atoms with E-state index in [1.165, 1.54) is 6.20 Å². The molecule has 2 unspecified atom stereocenters. The zero-order chi connectivity index (χ0) is 13.8. The molecule has 19 heavy (non-hydrogen) atoms. The van der Waals surface area contributed by atoms with Crippen LogP contribution in [0, 0.1) is 0 Å². The molecule has 1 aromatic rings. The minimum Gasteiger partial charge on any atom is -0.381 e. The lowest BCUT2D eigenvalue weighted by Crippen LogP contribution is -2.33. The summed E-state index contributed by atoms with van der Waals surface area (Å²) in [5.41, 5.74) is 0.446. The maximum atomic E-state index is 12.2. The number of hydrogen-bond donors (Lipinski definition) is 2. The number of pyridine rings is 1. The molecule has 2 atom stereocenters. The van der Waals surface area contributed by atoms with E-state index < -0.39 is 0 Å². The Morgan fingerprint density at radius 2 is 2.32 bits per heavy atom. The van der Waals surface area contributed by atoms with Crippen molar-refractivity contribution in [2.45, 2.75) is 31.4 Å². The molecule has 1 aromatic heterocycles. The first kappa shape index (κ1) is 14.1. The molecule has 1 aliphatic rings. The van der Waals surface area contributed by atoms with E-state index in [0.29, 0.717) is 16.4 Å². The largest absolute Gasteiger partial charge is 0.381 e. The number of carbonyl (C=O) groups excluding carboxylic acids is 1. The van der Waals surface area contributed by atoms with Crippen LogP contribution in [0.1, 0.15) is 29.6 Å². The Bertz CT molecular complexity index is 467. The van der Waals surface area contributed by atoms with Gasteiger partial charge in [0.2, 0.25) is 0 Å². The van der Waals surface area contributed by atoms with Gasteiger partial charge in [-0.2, -0.15) is 0 Å². The van der Waals surface area contributed by atoms with Crippen molar-refractivity contribution in [1.82, 2.24) is 10.3 Å². The van der Waals surface area contributed by atoms with Crippen LogP contribution in [0.15, 0.2) is 12.3 Å². The van der Waals surface area contributed by atoms with Crippen LogP contribution in [0.4, 0.5) is 5.82 Å². The molecule has 1 fully saturated rings. The smallest absolute Gasteiger partial charge is 0.253 e. The van der Waals surface area contributed by atoms with Crippen molar-refractivity contribution in [2.75, 3.05) is 19.5 Å². The number of hydrogen-bond acceptors (Lipinski definition) is 4. The van der Waals surface area contributed by atoms with Crippen molar-refractivity contribution in [3.63, 3.8) is 0 Å². The van der Waals surface area contributed by atoms with E-state index in [4.69, 9.17) is 16.3 Å². The van der Waals surface area contributed by atoms with E-state index in [0.717, 1.165) is 19.3 Å². The van der Waals surface area contributed by atoms with Crippen LogP contribution in [0.2, 0.25) is 5.02 Å². The number of aromatic nitrogens is 1. The van der Waals surface area contributed by atoms with Gasteiger partial charge in [-0.05, 0) is 25.3 Å². The lowest BCUT2D eigenvalue weighted by atomic mass is 10.2. The van der Waals surface area contributed by atoms with Gasteiger partial charge in [-0.25, -0.2) is 4.98 Å². The lowest BCUT2D eigenvalue weighted by Gasteiger charge is -2.14. The summed E-state index contributed by atoms with van der Waals surface area (Å²) in [6.07, 6.45) is 4.49. The topological polar surface area (TPSA) is 63.2 Å². The van der Waals surface area contributed by atoms with Gasteiger partial charge in [-0.1, -0.05) is 11.6 Å². The molecule has 2 N–H and O–H groups in total. The minimum atomic E-state index is -0.161. The summed E-state index contributed by atoms with van der Waals surface area (Å²) in [6, 6.07) is 1.81. The maximum Gasteiger partial charge on any atom is 0.253 e. The zero-order valence-corrected chi connectivity index (χ0v) is 11.8. The van der Waals surface area contributed by atoms with E-state index in [2.05, 4.69) is 15.6 Å². The zero-order valence-electron chi connectivity index (χ0n) is 11.1. The normalized spacial score (nSPS) is 22.3. The summed E-state index contributed by atoms with van der Waals surface area (Å²) < 4.78 is 5.29. The number of anilines is 1. The molecule has 5 nitrogen and oxygen atoms in total. The van der Waals surface area contributed by atoms with Crippen LogP contribution in [-0.2, 0) is 4.74 Å². The quantitative estimate of drug-likeness (QED) is 0.888. The predicted octanol–water partition coefficient (Wildman–Crippen LogP) is 2.07. The van der Waals surface area contributed by atoms with Crippen LogP contribution in [0.3, 0.4) is 0 Å². The summed E-state index contributed by atoms with van der Waals surface area (Å²) in [4.78, 5) is 16.2. The third-order valence-corrected chi connectivity index (χ3v) is 3.71. The Labute approximate surface area is 117 Å². The Morgan fingerprint density at radius 3 is 2.95 bits per heavy atom. The number of carbonyl (C=O) groups is 1. The van der Waals surface area contributed by atoms with Crippen LogP contribution in [-0.4, -0.2) is 37.2 Å². The SMILES string of the molecule is CNc1cc(C(=O)NC2CCC(OC)C2)c(Cl)cn1. The van der Waals surface area contributed by atoms with E-state index in [9.17, 15) is 4.79 Å². The Hall–Kier alpha value is -1.33. The summed E-state index contributed by atoms with van der Waals surface area (Å²) in [7, 11) is 3.45. The van der Waals surface area contributed by atoms with Gasteiger partial charge in [-0.15, -0.1) is 0 Å². The highest BCUT2D eigenvalue weighted by Gasteiger charge is 2.26. The lowest BCUT2D eigenvalue weighted by molar-refractivity contribution is 0.0915. The average molecular weight is 284 g/mol. The molecular formula is C13H18ClN3O2. The molecule has 0 spiro atoms. The molecule has 0 aromatic carbocycles. The van der Waals surface area contributed by atoms with Crippen molar-refractivity contribution >= 4 is 23.3 Å². The highest BCUT2D eigenvalue weighted by Crippen LogP contribution is 2.23. The summed E-state index contributed by atoms with van der Waals surface area (Å²) in [5, 5.41) is 6.24. The van der Waals surface area contributed by atoms with Gasteiger partial charge in [0.1, 0.15) is 5.82 Å². The highest BCUT2D eigenvalue weighted by molar-refractivity contribution is 6.33. The van der Waals surface area contributed by atoms with E-state index in [1.807, 2.05) is 0 Å². The Balaban J connectivity index is 2.04. The number of ether oxygens (including phenoxy) is 1. The second kappa shape index (κ2) is 6.21. The number of rotatable bonds is 4. The van der Waals surface area contributed by atoms with Gasteiger partial charge in [-0.3, -0.25) is 4.79 Å². The number of methoxy groups -OCH3 is 1. The number of halogens is 1. The Morgan fingerprint density at radius 1 is 1.53 bits per heavy atom. The fraction of sp³-hybridized carbons (Fsp3) is 0.538. The molecule has 0 radical (unpaired) electrons. The fourth-order valence-electron chi connectivity index (χ4n) is 2.30. The standard InChI is InChI=1S/C13H18ClN3O2/c1-15-12-6-10(11(14)7-16-12)13(18)17-8-3-4-9(5-8)19-2/h6-9H,3-5H2,1-2H3,(H,15,16)(H,17,18). The maximum absolute atomic E-state index is 12.2. The third-order valence-electron chi connectivity index (χ3n) is 3.41. The van der Waals surface area contributed by atoms with Gasteiger partial charge < -0.3 is 15.4 Å². The van der Waals surface area contributed by atoms with Gasteiger partial charge in [0.15, 0.2) is 0 Å². The fourth-order valence-corrected chi connectivity index (χ4v) is 2.49. The number of nitrogens with zero attached hydrogens (tertiary/aromatic N) is 1. The van der Waals surface area contributed by atoms with Crippen LogP contribution in [0.5, 0.6) is 0 Å². The van der Waals surface area contributed by atoms with Gasteiger partial charge in [0.05, 0.1) is 16.7 Å². The molecule has 0 bridgehead atoms. The molecule has 0 aliphatic heterocycles. The van der Waals surface area contributed by atoms with Gasteiger partial charge in [0.25, 0.3) is 5.91 Å². The Kier molecular flexibility index (Phi) is 4.61. The first-order valence-electron chi connectivity index (χ1n) is 6.31. The van der Waals surface area contributed by atoms with E-state index in [1.54, 1.807) is 20.2 Å². The molecular weight excluding hydrogens is 266 g/mol. The molecule has 104 valence electrons. The van der Waals surface area contributed by atoms with Gasteiger partial charge in [0, 0.05) is 26.4 Å². The molecule has 2 rings (SSSR count). The van der Waals surface area contributed by atoms with Crippen molar-refractivity contribution in [3.05, 3.63) is 22.8 Å². The monoisotopic (exact) mass is 283 g/mol. The molecule has 1 heterocycles. The van der Waals surface area contributed by atoms with Crippen molar-refractivity contribution in [2.24, 2.45) is 0 Å². The summed E-state index contributed by atoms with van der Waals surface area (Å²) in [6.45, 7) is 0. The molecule has 0 saturated heterocycles. The van der Waals surface area contributed by atoms with Crippen LogP contribution in [0.25, 0.3) is 0 Å². The summed E-state index contributed by atoms with van der Waals surface area (Å²) >= 11 is 6.01. The molecule has 1 aliphatic carbocycles. The first-order valence-corrected chi connectivity index (χ1v) is 6.68. The molecule has 6 heteroatoms. The van der Waals surface area contributed by atoms with E-state index in [-0.39, 0.29) is 18.1 Å². The first-order chi connectivity index (χ1) is 9.13. The second-order valence-corrected chi connectivity index (χ2v) is 5.05. The molecule has 1 amide bonds. The van der Waals surface area contributed by atoms with Crippen LogP contribution >= 0.6 is 11.6 Å². The third kappa shape index (κ3) is 3.36. The average Bonchev–Trinajstić information content (AvgIpc) is 2.87. The second-order valence-electron chi connectivity index (χ2n) is 4.64. The number of nitrogens with one attached hydrogen (secondary N) is 2. The minimum absolute atomic E-state index is 0.153. The predicted molar refractivity (Wildman–Crippen MR) is 74.7 cm³/mol. The van der Waals surface area contributed by atoms with Crippen molar-refractivity contribution < 1.29 is 9.53 Å². The summed E-state index contributed by atoms with van der Waals surface area (Å²) in [5.74, 6) is 0.460. The van der Waals surface area contributed by atoms with E-state index >= 15 is 0 Å². The van der Waals surface area contributed by atoms with Crippen LogP contribution < -0.4 is 10.6 Å². The number of amides is 1. The van der Waals surface area contributed by atoms with Gasteiger partial charge >= 0.3 is 0 Å². The van der Waals surface area contributed by atoms with Crippen molar-refractivity contribution in [1.29, 1.82) is 0 Å². The van der Waals surface area contributed by atoms with Crippen molar-refractivity contribution in [3.8, 4) is 0 Å². The highest BCUT2D eigenvalue weighted by atomic mass is 35.5. The molecule has 1 saturated carbocycles.